The average Bonchev–Trinajstić information content (AvgIpc) is 2.47. The third kappa shape index (κ3) is 6.28. The van der Waals surface area contributed by atoms with E-state index in [-0.39, 0.29) is 5.75 Å². The van der Waals surface area contributed by atoms with E-state index in [1.165, 1.54) is 12.1 Å². The Morgan fingerprint density at radius 1 is 0.909 bits per heavy atom. The topological polar surface area (TPSA) is 85.2 Å². The van der Waals surface area contributed by atoms with Crippen molar-refractivity contribution in [3.8, 4) is 11.5 Å². The van der Waals surface area contributed by atoms with Gasteiger partial charge in [0.1, 0.15) is 18.1 Å². The minimum absolute atomic E-state index is 0.106. The Kier molecular flexibility index (Phi) is 5.98. The first-order valence-corrected chi connectivity index (χ1v) is 8.16. The zero-order valence-electron chi connectivity index (χ0n) is 11.8. The van der Waals surface area contributed by atoms with Gasteiger partial charge in [-0.2, -0.15) is 0 Å². The maximum atomic E-state index is 10.8. The lowest BCUT2D eigenvalue weighted by Gasteiger charge is -2.09. The van der Waals surface area contributed by atoms with Gasteiger partial charge in [-0.1, -0.05) is 30.3 Å². The number of hydrogen-bond acceptors (Lipinski definition) is 4. The zero-order valence-corrected chi connectivity index (χ0v) is 12.7. The molecule has 0 atom stereocenters. The highest BCUT2D eigenvalue weighted by Gasteiger charge is 2.15. The molecule has 0 saturated carbocycles. The van der Waals surface area contributed by atoms with Crippen LogP contribution in [0.25, 0.3) is 0 Å². The highest BCUT2D eigenvalue weighted by Crippen LogP contribution is 2.37. The van der Waals surface area contributed by atoms with Crippen molar-refractivity contribution in [3.63, 3.8) is 0 Å². The Labute approximate surface area is 128 Å². The second-order valence-electron chi connectivity index (χ2n) is 4.44. The van der Waals surface area contributed by atoms with Crippen LogP contribution in [0.5, 0.6) is 11.5 Å². The van der Waals surface area contributed by atoms with Crippen LogP contribution in [0.1, 0.15) is 5.56 Å². The molecular weight excluding hydrogens is 307 g/mol. The number of phosphoric acid groups is 1. The van der Waals surface area contributed by atoms with Crippen molar-refractivity contribution in [1.82, 2.24) is 0 Å². The molecule has 0 aromatic heterocycles. The molecule has 2 aromatic carbocycles. The number of benzene rings is 2. The summed E-state index contributed by atoms with van der Waals surface area (Å²) in [4.78, 5) is 17.5. The minimum atomic E-state index is -4.54. The number of phosphoric ester groups is 1. The van der Waals surface area contributed by atoms with Crippen molar-refractivity contribution in [2.75, 3.05) is 13.2 Å². The fraction of sp³-hybridized carbons (Fsp3) is 0.200. The maximum Gasteiger partial charge on any atom is 0.524 e. The molecule has 7 heteroatoms. The molecule has 0 amide bonds. The molecular formula is C15H17O6P. The lowest BCUT2D eigenvalue weighted by molar-refractivity contribution is 0.0888. The summed E-state index contributed by atoms with van der Waals surface area (Å²) in [5.41, 5.74) is 0.755. The molecule has 2 rings (SSSR count). The average molecular weight is 324 g/mol. The smallest absolute Gasteiger partial charge is 0.491 e. The first-order chi connectivity index (χ1) is 10.5. The monoisotopic (exact) mass is 324 g/mol. The highest BCUT2D eigenvalue weighted by molar-refractivity contribution is 7.46. The van der Waals surface area contributed by atoms with Gasteiger partial charge in [0, 0.05) is 0 Å². The molecule has 0 saturated heterocycles. The molecule has 22 heavy (non-hydrogen) atoms. The van der Waals surface area contributed by atoms with E-state index in [1.54, 1.807) is 12.1 Å². The number of hydrogen-bond donors (Lipinski definition) is 2. The molecule has 2 N–H and O–H groups in total. The normalized spacial score (nSPS) is 11.2. The third-order valence-corrected chi connectivity index (χ3v) is 3.08. The van der Waals surface area contributed by atoms with Crippen LogP contribution in [0.2, 0.25) is 0 Å². The quantitative estimate of drug-likeness (QED) is 0.574. The molecule has 118 valence electrons. The van der Waals surface area contributed by atoms with Crippen LogP contribution in [-0.4, -0.2) is 23.0 Å². The third-order valence-electron chi connectivity index (χ3n) is 2.63. The SMILES string of the molecule is O=P(O)(O)Oc1cccc(COCCOc2ccccc2)c1. The van der Waals surface area contributed by atoms with Crippen molar-refractivity contribution in [1.29, 1.82) is 0 Å². The van der Waals surface area contributed by atoms with E-state index in [0.717, 1.165) is 11.3 Å². The van der Waals surface area contributed by atoms with Crippen LogP contribution in [0.15, 0.2) is 54.6 Å². The zero-order chi connectivity index (χ0) is 15.8. The first kappa shape index (κ1) is 16.5. The van der Waals surface area contributed by atoms with E-state index in [0.29, 0.717) is 19.8 Å². The molecule has 0 aliphatic carbocycles. The lowest BCUT2D eigenvalue weighted by atomic mass is 10.2. The van der Waals surface area contributed by atoms with E-state index in [1.807, 2.05) is 30.3 Å². The van der Waals surface area contributed by atoms with Gasteiger partial charge in [0.05, 0.1) is 13.2 Å². The van der Waals surface area contributed by atoms with E-state index < -0.39 is 7.82 Å². The highest BCUT2D eigenvalue weighted by atomic mass is 31.2. The van der Waals surface area contributed by atoms with Gasteiger partial charge >= 0.3 is 7.82 Å². The molecule has 0 fully saturated rings. The maximum absolute atomic E-state index is 10.8. The summed E-state index contributed by atoms with van der Waals surface area (Å²) >= 11 is 0. The van der Waals surface area contributed by atoms with Crippen LogP contribution >= 0.6 is 7.82 Å². The Hall–Kier alpha value is -1.85. The van der Waals surface area contributed by atoms with Crippen LogP contribution in [0, 0.1) is 0 Å². The van der Waals surface area contributed by atoms with Crippen LogP contribution in [0.4, 0.5) is 0 Å². The van der Waals surface area contributed by atoms with Crippen LogP contribution < -0.4 is 9.26 Å². The van der Waals surface area contributed by atoms with Crippen molar-refractivity contribution in [2.45, 2.75) is 6.61 Å². The van der Waals surface area contributed by atoms with Gasteiger partial charge in [-0.15, -0.1) is 0 Å². The standard InChI is InChI=1S/C15H17O6P/c16-22(17,18)21-15-8-4-5-13(11-15)12-19-9-10-20-14-6-2-1-3-7-14/h1-8,11H,9-10,12H2,(H2,16,17,18). The Bertz CT molecular complexity index is 625. The summed E-state index contributed by atoms with van der Waals surface area (Å²) in [6, 6.07) is 15.8. The van der Waals surface area contributed by atoms with Crippen molar-refractivity contribution >= 4 is 7.82 Å². The number of ether oxygens (including phenoxy) is 2. The second-order valence-corrected chi connectivity index (χ2v) is 5.61. The summed E-state index contributed by atoms with van der Waals surface area (Å²) in [7, 11) is -4.54. The molecule has 0 aliphatic heterocycles. The molecule has 6 nitrogen and oxygen atoms in total. The number of rotatable bonds is 8. The molecule has 0 radical (unpaired) electrons. The second kappa shape index (κ2) is 7.96. The van der Waals surface area contributed by atoms with Crippen molar-refractivity contribution < 1.29 is 28.3 Å². The Morgan fingerprint density at radius 2 is 1.64 bits per heavy atom. The predicted molar refractivity (Wildman–Crippen MR) is 80.7 cm³/mol. The number of para-hydroxylation sites is 1. The van der Waals surface area contributed by atoms with E-state index >= 15 is 0 Å². The van der Waals surface area contributed by atoms with E-state index in [4.69, 9.17) is 19.3 Å². The van der Waals surface area contributed by atoms with E-state index in [9.17, 15) is 4.57 Å². The van der Waals surface area contributed by atoms with Crippen LogP contribution in [-0.2, 0) is 15.9 Å². The molecule has 0 bridgehead atoms. The molecule has 0 unspecified atom stereocenters. The molecule has 0 aliphatic rings. The predicted octanol–water partition coefficient (Wildman–Crippen LogP) is 2.75. The fourth-order valence-corrected chi connectivity index (χ4v) is 2.14. The summed E-state index contributed by atoms with van der Waals surface area (Å²) in [5, 5.41) is 0. The van der Waals surface area contributed by atoms with Gasteiger partial charge in [0.25, 0.3) is 0 Å². The first-order valence-electron chi connectivity index (χ1n) is 6.63. The largest absolute Gasteiger partial charge is 0.524 e. The Balaban J connectivity index is 1.73. The van der Waals surface area contributed by atoms with E-state index in [2.05, 4.69) is 4.52 Å². The lowest BCUT2D eigenvalue weighted by Crippen LogP contribution is -2.06. The minimum Gasteiger partial charge on any atom is -0.491 e. The summed E-state index contributed by atoms with van der Waals surface area (Å²) < 4.78 is 26.2. The molecule has 0 spiro atoms. The summed E-state index contributed by atoms with van der Waals surface area (Å²) in [6.07, 6.45) is 0. The van der Waals surface area contributed by atoms with Crippen molar-refractivity contribution in [3.05, 3.63) is 60.2 Å². The fourth-order valence-electron chi connectivity index (χ4n) is 1.75. The van der Waals surface area contributed by atoms with Gasteiger partial charge in [-0.25, -0.2) is 4.57 Å². The summed E-state index contributed by atoms with van der Waals surface area (Å²) in [6.45, 7) is 1.12. The van der Waals surface area contributed by atoms with Gasteiger partial charge in [-0.05, 0) is 29.8 Å². The van der Waals surface area contributed by atoms with Gasteiger partial charge < -0.3 is 14.0 Å². The van der Waals surface area contributed by atoms with Crippen molar-refractivity contribution in [2.24, 2.45) is 0 Å². The Morgan fingerprint density at radius 3 is 2.36 bits per heavy atom. The molecule has 0 heterocycles. The van der Waals surface area contributed by atoms with Gasteiger partial charge in [0.2, 0.25) is 0 Å². The molecule has 2 aromatic rings. The van der Waals surface area contributed by atoms with Gasteiger partial charge in [0.15, 0.2) is 0 Å². The van der Waals surface area contributed by atoms with Crippen LogP contribution in [0.3, 0.4) is 0 Å². The van der Waals surface area contributed by atoms with Gasteiger partial charge in [-0.3, -0.25) is 9.79 Å². The summed E-state index contributed by atoms with van der Waals surface area (Å²) in [5.74, 6) is 0.887.